The molecule has 0 saturated heterocycles. The van der Waals surface area contributed by atoms with Gasteiger partial charge in [-0.25, -0.2) is 22.9 Å². The zero-order valence-corrected chi connectivity index (χ0v) is 14.1. The van der Waals surface area contributed by atoms with E-state index >= 15 is 0 Å². The van der Waals surface area contributed by atoms with Gasteiger partial charge in [0.15, 0.2) is 0 Å². The van der Waals surface area contributed by atoms with Crippen molar-refractivity contribution in [1.82, 2.24) is 9.71 Å². The summed E-state index contributed by atoms with van der Waals surface area (Å²) in [5, 5.41) is 12.0. The lowest BCUT2D eigenvalue weighted by Crippen LogP contribution is -2.31. The number of carboxylic acid groups (broad SMARTS) is 1. The van der Waals surface area contributed by atoms with Crippen molar-refractivity contribution in [2.75, 3.05) is 11.9 Å². The molecule has 0 aromatic carbocycles. The predicted octanol–water partition coefficient (Wildman–Crippen LogP) is 1.68. The maximum Gasteiger partial charge on any atom is 0.326 e. The van der Waals surface area contributed by atoms with Gasteiger partial charge in [0.2, 0.25) is 10.0 Å². The van der Waals surface area contributed by atoms with E-state index in [4.69, 9.17) is 0 Å². The van der Waals surface area contributed by atoms with Crippen LogP contribution in [0.1, 0.15) is 33.1 Å². The lowest BCUT2D eigenvalue weighted by atomic mass is 10.0. The van der Waals surface area contributed by atoms with E-state index in [9.17, 15) is 18.3 Å². The fraction of sp³-hybridized carbons (Fsp3) is 0.600. The molecule has 8 heteroatoms. The third-order valence-electron chi connectivity index (χ3n) is 3.63. The SMILES string of the molecule is CC(C)C[C@H](Nc1ccc(S(=O)(=O)NCC2CC2)cn1)C(=O)O. The molecule has 23 heavy (non-hydrogen) atoms. The minimum absolute atomic E-state index is 0.0828. The number of sulfonamides is 1. The Bertz CT molecular complexity index is 639. The summed E-state index contributed by atoms with van der Waals surface area (Å²) in [6, 6.07) is 2.17. The van der Waals surface area contributed by atoms with Crippen molar-refractivity contribution >= 4 is 21.8 Å². The third kappa shape index (κ3) is 5.47. The molecular formula is C15H23N3O4S. The summed E-state index contributed by atoms with van der Waals surface area (Å²) in [5.74, 6) is 0.0587. The molecule has 1 aromatic rings. The third-order valence-corrected chi connectivity index (χ3v) is 5.04. The van der Waals surface area contributed by atoms with E-state index in [0.717, 1.165) is 12.8 Å². The zero-order valence-electron chi connectivity index (χ0n) is 13.3. The number of carbonyl (C=O) groups is 1. The molecule has 1 aliphatic rings. The summed E-state index contributed by atoms with van der Waals surface area (Å²) in [6.45, 7) is 4.33. The number of anilines is 1. The molecule has 1 fully saturated rings. The van der Waals surface area contributed by atoms with Crippen LogP contribution >= 0.6 is 0 Å². The van der Waals surface area contributed by atoms with Gasteiger partial charge >= 0.3 is 5.97 Å². The van der Waals surface area contributed by atoms with Crippen LogP contribution in [0.2, 0.25) is 0 Å². The molecule has 0 spiro atoms. The van der Waals surface area contributed by atoms with Crippen LogP contribution in [0, 0.1) is 11.8 Å². The van der Waals surface area contributed by atoms with E-state index < -0.39 is 22.0 Å². The number of nitrogens with one attached hydrogen (secondary N) is 2. The first-order valence-corrected chi connectivity index (χ1v) is 9.21. The van der Waals surface area contributed by atoms with Gasteiger partial charge in [-0.15, -0.1) is 0 Å². The Hall–Kier alpha value is -1.67. The van der Waals surface area contributed by atoms with E-state index in [0.29, 0.717) is 24.7 Å². The average Bonchev–Trinajstić information content (AvgIpc) is 3.29. The van der Waals surface area contributed by atoms with Crippen molar-refractivity contribution in [1.29, 1.82) is 0 Å². The molecular weight excluding hydrogens is 318 g/mol. The van der Waals surface area contributed by atoms with Crippen molar-refractivity contribution in [2.45, 2.75) is 44.0 Å². The Morgan fingerprint density at radius 3 is 2.57 bits per heavy atom. The van der Waals surface area contributed by atoms with E-state index in [1.54, 1.807) is 0 Å². The summed E-state index contributed by atoms with van der Waals surface area (Å²) < 4.78 is 26.7. The lowest BCUT2D eigenvalue weighted by molar-refractivity contribution is -0.138. The Morgan fingerprint density at radius 2 is 2.09 bits per heavy atom. The molecule has 1 aliphatic carbocycles. The first-order valence-electron chi connectivity index (χ1n) is 7.73. The van der Waals surface area contributed by atoms with E-state index in [-0.39, 0.29) is 10.8 Å². The molecule has 3 N–H and O–H groups in total. The highest BCUT2D eigenvalue weighted by molar-refractivity contribution is 7.89. The first-order chi connectivity index (χ1) is 10.8. The van der Waals surface area contributed by atoms with Gasteiger partial charge in [0.05, 0.1) is 0 Å². The smallest absolute Gasteiger partial charge is 0.326 e. The minimum Gasteiger partial charge on any atom is -0.480 e. The number of aromatic nitrogens is 1. The molecule has 128 valence electrons. The van der Waals surface area contributed by atoms with Gasteiger partial charge in [0, 0.05) is 12.7 Å². The average molecular weight is 341 g/mol. The monoisotopic (exact) mass is 341 g/mol. The Balaban J connectivity index is 2.01. The highest BCUT2D eigenvalue weighted by atomic mass is 32.2. The number of aliphatic carboxylic acids is 1. The summed E-state index contributed by atoms with van der Waals surface area (Å²) in [7, 11) is -3.55. The minimum atomic E-state index is -3.55. The first kappa shape index (κ1) is 17.7. The number of pyridine rings is 1. The Morgan fingerprint density at radius 1 is 1.39 bits per heavy atom. The van der Waals surface area contributed by atoms with Crippen LogP contribution in [0.3, 0.4) is 0 Å². The van der Waals surface area contributed by atoms with E-state index in [1.165, 1.54) is 18.3 Å². The van der Waals surface area contributed by atoms with Crippen LogP contribution in [-0.2, 0) is 14.8 Å². The largest absolute Gasteiger partial charge is 0.480 e. The fourth-order valence-corrected chi connectivity index (χ4v) is 3.19. The maximum absolute atomic E-state index is 12.1. The van der Waals surface area contributed by atoms with Gasteiger partial charge in [-0.1, -0.05) is 13.8 Å². The predicted molar refractivity (Wildman–Crippen MR) is 86.7 cm³/mol. The number of nitrogens with zero attached hydrogens (tertiary/aromatic N) is 1. The van der Waals surface area contributed by atoms with Gasteiger partial charge in [0.25, 0.3) is 0 Å². The van der Waals surface area contributed by atoms with Gasteiger partial charge in [0.1, 0.15) is 16.8 Å². The van der Waals surface area contributed by atoms with Gasteiger partial charge in [-0.3, -0.25) is 0 Å². The second-order valence-corrected chi connectivity index (χ2v) is 8.11. The maximum atomic E-state index is 12.1. The Labute approximate surface area is 136 Å². The molecule has 1 atom stereocenters. The number of rotatable bonds is 9. The van der Waals surface area contributed by atoms with Crippen LogP contribution in [0.25, 0.3) is 0 Å². The zero-order chi connectivity index (χ0) is 17.0. The van der Waals surface area contributed by atoms with Crippen molar-refractivity contribution in [3.05, 3.63) is 18.3 Å². The number of carboxylic acids is 1. The standard InChI is InChI=1S/C15H23N3O4S/c1-10(2)7-13(15(19)20)18-14-6-5-12(9-16-14)23(21,22)17-8-11-3-4-11/h5-6,9-11,13,17H,3-4,7-8H2,1-2H3,(H,16,18)(H,19,20)/t13-/m0/s1. The normalized spacial score (nSPS) is 16.3. The molecule has 0 bridgehead atoms. The molecule has 1 saturated carbocycles. The second kappa shape index (κ2) is 7.27. The summed E-state index contributed by atoms with van der Waals surface area (Å²) >= 11 is 0. The summed E-state index contributed by atoms with van der Waals surface area (Å²) in [4.78, 5) is 15.3. The van der Waals surface area contributed by atoms with Gasteiger partial charge in [-0.05, 0) is 43.2 Å². The number of hydrogen-bond acceptors (Lipinski definition) is 5. The van der Waals surface area contributed by atoms with Crippen LogP contribution in [0.5, 0.6) is 0 Å². The summed E-state index contributed by atoms with van der Waals surface area (Å²) in [6.07, 6.45) is 3.83. The van der Waals surface area contributed by atoms with Crippen molar-refractivity contribution in [2.24, 2.45) is 11.8 Å². The van der Waals surface area contributed by atoms with Crippen molar-refractivity contribution in [3.8, 4) is 0 Å². The van der Waals surface area contributed by atoms with Crippen LogP contribution in [-0.4, -0.2) is 37.1 Å². The molecule has 7 nitrogen and oxygen atoms in total. The molecule has 0 amide bonds. The quantitative estimate of drug-likeness (QED) is 0.630. The second-order valence-electron chi connectivity index (χ2n) is 6.34. The van der Waals surface area contributed by atoms with Crippen LogP contribution in [0.4, 0.5) is 5.82 Å². The van der Waals surface area contributed by atoms with E-state index in [2.05, 4.69) is 15.0 Å². The Kier molecular flexibility index (Phi) is 5.59. The van der Waals surface area contributed by atoms with Crippen LogP contribution in [0.15, 0.2) is 23.2 Å². The molecule has 0 radical (unpaired) electrons. The molecule has 0 unspecified atom stereocenters. The van der Waals surface area contributed by atoms with Crippen molar-refractivity contribution in [3.63, 3.8) is 0 Å². The highest BCUT2D eigenvalue weighted by Gasteiger charge is 2.24. The van der Waals surface area contributed by atoms with Crippen molar-refractivity contribution < 1.29 is 18.3 Å². The summed E-state index contributed by atoms with van der Waals surface area (Å²) in [5.41, 5.74) is 0. The van der Waals surface area contributed by atoms with Gasteiger partial charge in [-0.2, -0.15) is 0 Å². The molecule has 2 rings (SSSR count). The number of hydrogen-bond donors (Lipinski definition) is 3. The molecule has 1 aromatic heterocycles. The van der Waals surface area contributed by atoms with Gasteiger partial charge < -0.3 is 10.4 Å². The molecule has 1 heterocycles. The van der Waals surface area contributed by atoms with Crippen LogP contribution < -0.4 is 10.0 Å². The lowest BCUT2D eigenvalue weighted by Gasteiger charge is -2.17. The fourth-order valence-electron chi connectivity index (χ4n) is 2.13. The highest BCUT2D eigenvalue weighted by Crippen LogP contribution is 2.28. The molecule has 0 aliphatic heterocycles. The topological polar surface area (TPSA) is 108 Å². The van der Waals surface area contributed by atoms with E-state index in [1.807, 2.05) is 13.8 Å².